The van der Waals surface area contributed by atoms with Gasteiger partial charge in [-0.25, -0.2) is 0 Å². The molecule has 0 amide bonds. The predicted molar refractivity (Wildman–Crippen MR) is 47.3 cm³/mol. The molecule has 0 aromatic carbocycles. The molecule has 0 saturated carbocycles. The van der Waals surface area contributed by atoms with Gasteiger partial charge in [-0.15, -0.1) is 0 Å². The van der Waals surface area contributed by atoms with Crippen molar-refractivity contribution in [1.29, 1.82) is 5.26 Å². The van der Waals surface area contributed by atoms with Crippen LogP contribution in [0.5, 0.6) is 0 Å². The third-order valence-electron chi connectivity index (χ3n) is 1.88. The SMILES string of the molecule is CCCN1N=CN(CC)C1C#N. The summed E-state index contributed by atoms with van der Waals surface area (Å²) in [6, 6.07) is 2.23. The monoisotopic (exact) mass is 166 g/mol. The molecule has 0 saturated heterocycles. The molecule has 12 heavy (non-hydrogen) atoms. The van der Waals surface area contributed by atoms with Crippen LogP contribution in [0.25, 0.3) is 0 Å². The normalized spacial score (nSPS) is 21.6. The van der Waals surface area contributed by atoms with Crippen LogP contribution < -0.4 is 0 Å². The van der Waals surface area contributed by atoms with E-state index in [4.69, 9.17) is 5.26 Å². The number of hydrogen-bond acceptors (Lipinski definition) is 4. The Morgan fingerprint density at radius 3 is 2.83 bits per heavy atom. The molecular weight excluding hydrogens is 152 g/mol. The van der Waals surface area contributed by atoms with E-state index in [-0.39, 0.29) is 6.17 Å². The summed E-state index contributed by atoms with van der Waals surface area (Å²) < 4.78 is 0. The van der Waals surface area contributed by atoms with E-state index < -0.39 is 0 Å². The fraction of sp³-hybridized carbons (Fsp3) is 0.750. The molecule has 4 nitrogen and oxygen atoms in total. The minimum absolute atomic E-state index is 0.185. The molecule has 1 aliphatic rings. The van der Waals surface area contributed by atoms with E-state index in [0.717, 1.165) is 19.5 Å². The summed E-state index contributed by atoms with van der Waals surface area (Å²) >= 11 is 0. The molecule has 0 radical (unpaired) electrons. The van der Waals surface area contributed by atoms with Crippen molar-refractivity contribution in [1.82, 2.24) is 9.91 Å². The number of rotatable bonds is 3. The van der Waals surface area contributed by atoms with E-state index in [1.165, 1.54) is 0 Å². The number of nitriles is 1. The van der Waals surface area contributed by atoms with Crippen molar-refractivity contribution >= 4 is 6.34 Å². The molecule has 1 heterocycles. The summed E-state index contributed by atoms with van der Waals surface area (Å²) in [5.41, 5.74) is 0. The van der Waals surface area contributed by atoms with E-state index >= 15 is 0 Å². The van der Waals surface area contributed by atoms with Gasteiger partial charge in [0.25, 0.3) is 0 Å². The van der Waals surface area contributed by atoms with Crippen molar-refractivity contribution in [3.8, 4) is 6.07 Å². The molecule has 66 valence electrons. The van der Waals surface area contributed by atoms with Crippen LogP contribution in [-0.2, 0) is 0 Å². The summed E-state index contributed by atoms with van der Waals surface area (Å²) in [5.74, 6) is 0. The zero-order valence-electron chi connectivity index (χ0n) is 7.56. The number of nitrogens with zero attached hydrogens (tertiary/aromatic N) is 4. The molecule has 1 rings (SSSR count). The molecular formula is C8H14N4. The van der Waals surface area contributed by atoms with Crippen LogP contribution in [0, 0.1) is 11.3 Å². The Labute approximate surface area is 73.1 Å². The maximum Gasteiger partial charge on any atom is 0.207 e. The Morgan fingerprint density at radius 1 is 1.58 bits per heavy atom. The summed E-state index contributed by atoms with van der Waals surface area (Å²) in [4.78, 5) is 1.93. The van der Waals surface area contributed by atoms with E-state index in [2.05, 4.69) is 18.1 Å². The van der Waals surface area contributed by atoms with Crippen LogP contribution in [0.4, 0.5) is 0 Å². The number of hydrogen-bond donors (Lipinski definition) is 0. The Kier molecular flexibility index (Phi) is 2.92. The highest BCUT2D eigenvalue weighted by Gasteiger charge is 2.25. The van der Waals surface area contributed by atoms with Gasteiger partial charge in [0.05, 0.1) is 0 Å². The molecule has 0 aromatic rings. The fourth-order valence-electron chi connectivity index (χ4n) is 1.23. The smallest absolute Gasteiger partial charge is 0.207 e. The van der Waals surface area contributed by atoms with E-state index in [9.17, 15) is 0 Å². The highest BCUT2D eigenvalue weighted by Crippen LogP contribution is 2.11. The van der Waals surface area contributed by atoms with Gasteiger partial charge in [-0.05, 0) is 13.3 Å². The van der Waals surface area contributed by atoms with Crippen LogP contribution in [0.2, 0.25) is 0 Å². The Bertz CT molecular complexity index is 206. The van der Waals surface area contributed by atoms with Crippen LogP contribution >= 0.6 is 0 Å². The molecule has 1 atom stereocenters. The highest BCUT2D eigenvalue weighted by molar-refractivity contribution is 5.57. The van der Waals surface area contributed by atoms with Crippen molar-refractivity contribution < 1.29 is 0 Å². The van der Waals surface area contributed by atoms with Crippen molar-refractivity contribution in [3.05, 3.63) is 0 Å². The second-order valence-electron chi connectivity index (χ2n) is 2.73. The lowest BCUT2D eigenvalue weighted by Gasteiger charge is -2.23. The predicted octanol–water partition coefficient (Wildman–Crippen LogP) is 0.827. The molecule has 0 bridgehead atoms. The van der Waals surface area contributed by atoms with Crippen molar-refractivity contribution in [2.24, 2.45) is 5.10 Å². The second-order valence-corrected chi connectivity index (χ2v) is 2.73. The quantitative estimate of drug-likeness (QED) is 0.623. The minimum atomic E-state index is -0.185. The second kappa shape index (κ2) is 3.96. The zero-order valence-corrected chi connectivity index (χ0v) is 7.56. The van der Waals surface area contributed by atoms with Gasteiger partial charge < -0.3 is 4.90 Å². The molecule has 0 aliphatic carbocycles. The lowest BCUT2D eigenvalue weighted by atomic mass is 10.4. The van der Waals surface area contributed by atoms with Crippen LogP contribution in [0.3, 0.4) is 0 Å². The highest BCUT2D eigenvalue weighted by atomic mass is 15.6. The van der Waals surface area contributed by atoms with Gasteiger partial charge >= 0.3 is 0 Å². The fourth-order valence-corrected chi connectivity index (χ4v) is 1.23. The minimum Gasteiger partial charge on any atom is -0.328 e. The molecule has 0 aromatic heterocycles. The van der Waals surface area contributed by atoms with Gasteiger partial charge in [0.15, 0.2) is 0 Å². The van der Waals surface area contributed by atoms with Gasteiger partial charge in [0, 0.05) is 13.1 Å². The Balaban J connectivity index is 2.57. The van der Waals surface area contributed by atoms with E-state index in [0.29, 0.717) is 0 Å². The lowest BCUT2D eigenvalue weighted by molar-refractivity contribution is 0.181. The first kappa shape index (κ1) is 8.85. The molecule has 0 N–H and O–H groups in total. The summed E-state index contributed by atoms with van der Waals surface area (Å²) in [6.07, 6.45) is 2.58. The first-order valence-corrected chi connectivity index (χ1v) is 4.29. The number of hydrazone groups is 1. The lowest BCUT2D eigenvalue weighted by Crippen LogP contribution is -2.38. The van der Waals surface area contributed by atoms with Crippen molar-refractivity contribution in [2.75, 3.05) is 13.1 Å². The third kappa shape index (κ3) is 1.50. The largest absolute Gasteiger partial charge is 0.328 e. The third-order valence-corrected chi connectivity index (χ3v) is 1.88. The maximum atomic E-state index is 8.85. The van der Waals surface area contributed by atoms with Crippen LogP contribution in [0.1, 0.15) is 20.3 Å². The average molecular weight is 166 g/mol. The molecule has 1 aliphatic heterocycles. The maximum absolute atomic E-state index is 8.85. The molecule has 0 spiro atoms. The van der Waals surface area contributed by atoms with Gasteiger partial charge in [0.2, 0.25) is 6.17 Å². The standard InChI is InChI=1S/C8H14N4/c1-3-5-12-8(6-9)11(4-2)7-10-12/h7-8H,3-5H2,1-2H3. The van der Waals surface area contributed by atoms with Gasteiger partial charge in [-0.3, -0.25) is 5.01 Å². The van der Waals surface area contributed by atoms with Crippen LogP contribution in [0.15, 0.2) is 5.10 Å². The van der Waals surface area contributed by atoms with E-state index in [1.54, 1.807) is 6.34 Å². The molecule has 0 fully saturated rings. The van der Waals surface area contributed by atoms with Crippen molar-refractivity contribution in [2.45, 2.75) is 26.4 Å². The molecule has 4 heteroatoms. The van der Waals surface area contributed by atoms with Gasteiger partial charge in [-0.2, -0.15) is 10.4 Å². The first-order chi connectivity index (χ1) is 5.83. The Morgan fingerprint density at radius 2 is 2.33 bits per heavy atom. The van der Waals surface area contributed by atoms with E-state index in [1.807, 2.05) is 16.8 Å². The summed E-state index contributed by atoms with van der Waals surface area (Å²) in [6.45, 7) is 5.79. The summed E-state index contributed by atoms with van der Waals surface area (Å²) in [5, 5.41) is 14.8. The van der Waals surface area contributed by atoms with Gasteiger partial charge in [0.1, 0.15) is 12.4 Å². The van der Waals surface area contributed by atoms with Gasteiger partial charge in [-0.1, -0.05) is 6.92 Å². The Hall–Kier alpha value is -1.24. The first-order valence-electron chi connectivity index (χ1n) is 4.29. The zero-order chi connectivity index (χ0) is 8.97. The molecule has 1 unspecified atom stereocenters. The topological polar surface area (TPSA) is 42.6 Å². The summed E-state index contributed by atoms with van der Waals surface area (Å²) in [7, 11) is 0. The average Bonchev–Trinajstić information content (AvgIpc) is 2.47. The van der Waals surface area contributed by atoms with Crippen molar-refractivity contribution in [3.63, 3.8) is 0 Å². The van der Waals surface area contributed by atoms with Crippen LogP contribution in [-0.4, -0.2) is 35.5 Å².